The highest BCUT2D eigenvalue weighted by Crippen LogP contribution is 2.51. The van der Waals surface area contributed by atoms with Crippen LogP contribution in [0.5, 0.6) is 5.75 Å². The predicted molar refractivity (Wildman–Crippen MR) is 127 cm³/mol. The van der Waals surface area contributed by atoms with E-state index in [-0.39, 0.29) is 24.9 Å². The Morgan fingerprint density at radius 1 is 1.25 bits per heavy atom. The van der Waals surface area contributed by atoms with Crippen molar-refractivity contribution >= 4 is 12.4 Å². The largest absolute Gasteiger partial charge is 0.494 e. The summed E-state index contributed by atoms with van der Waals surface area (Å²) in [6.07, 6.45) is 4.77. The molecule has 5 heteroatoms. The van der Waals surface area contributed by atoms with Crippen molar-refractivity contribution < 1.29 is 23.8 Å². The highest BCUT2D eigenvalue weighted by atomic mass is 16.6. The molecular formula is C27H40O5. The third kappa shape index (κ3) is 7.68. The lowest BCUT2D eigenvalue weighted by Crippen LogP contribution is -2.39. The zero-order chi connectivity index (χ0) is 23.8. The highest BCUT2D eigenvalue weighted by Gasteiger charge is 2.44. The van der Waals surface area contributed by atoms with Crippen LogP contribution in [0.4, 0.5) is 0 Å². The van der Waals surface area contributed by atoms with Gasteiger partial charge in [-0.25, -0.2) is 0 Å². The summed E-state index contributed by atoms with van der Waals surface area (Å²) in [5, 5.41) is 0. The van der Waals surface area contributed by atoms with Crippen LogP contribution in [0.25, 0.3) is 0 Å². The van der Waals surface area contributed by atoms with E-state index in [9.17, 15) is 9.59 Å². The summed E-state index contributed by atoms with van der Waals surface area (Å²) < 4.78 is 16.7. The van der Waals surface area contributed by atoms with Gasteiger partial charge in [0.1, 0.15) is 11.4 Å². The quantitative estimate of drug-likeness (QED) is 0.176. The van der Waals surface area contributed by atoms with E-state index in [1.54, 1.807) is 0 Å². The zero-order valence-corrected chi connectivity index (χ0v) is 20.4. The van der Waals surface area contributed by atoms with Crippen molar-refractivity contribution in [1.29, 1.82) is 0 Å². The Morgan fingerprint density at radius 2 is 1.94 bits per heavy atom. The Bertz CT molecular complexity index is 761. The number of rotatable bonds is 11. The molecule has 178 valence electrons. The minimum atomic E-state index is -0.550. The molecule has 1 aromatic carbocycles. The van der Waals surface area contributed by atoms with Crippen molar-refractivity contribution in [3.8, 4) is 5.75 Å². The van der Waals surface area contributed by atoms with Crippen LogP contribution in [0.1, 0.15) is 84.6 Å². The van der Waals surface area contributed by atoms with Gasteiger partial charge in [0.15, 0.2) is 0 Å². The van der Waals surface area contributed by atoms with Crippen LogP contribution in [0.15, 0.2) is 36.4 Å². The van der Waals surface area contributed by atoms with Gasteiger partial charge in [0.2, 0.25) is 0 Å². The molecular weight excluding hydrogens is 404 g/mol. The molecule has 1 saturated carbocycles. The molecule has 0 radical (unpaired) electrons. The summed E-state index contributed by atoms with van der Waals surface area (Å²) in [6, 6.07) is 8.27. The van der Waals surface area contributed by atoms with Gasteiger partial charge in [-0.3, -0.25) is 9.59 Å². The number of hydrogen-bond acceptors (Lipinski definition) is 5. The Morgan fingerprint density at radius 3 is 2.50 bits per heavy atom. The summed E-state index contributed by atoms with van der Waals surface area (Å²) in [5.74, 6) is 1.11. The second-order valence-electron chi connectivity index (χ2n) is 10.2. The summed E-state index contributed by atoms with van der Waals surface area (Å²) in [6.45, 7) is 15.5. The summed E-state index contributed by atoms with van der Waals surface area (Å²) >= 11 is 0. The molecule has 0 N–H and O–H groups in total. The topological polar surface area (TPSA) is 61.8 Å². The maximum atomic E-state index is 12.7. The van der Waals surface area contributed by atoms with E-state index in [2.05, 4.69) is 32.6 Å². The van der Waals surface area contributed by atoms with Gasteiger partial charge < -0.3 is 14.2 Å². The first kappa shape index (κ1) is 26.0. The number of hydrogen-bond donors (Lipinski definition) is 0. The normalized spacial score (nSPS) is 23.3. The van der Waals surface area contributed by atoms with E-state index in [0.29, 0.717) is 12.4 Å². The smallest absolute Gasteiger partial charge is 0.307 e. The van der Waals surface area contributed by atoms with Gasteiger partial charge in [-0.1, -0.05) is 37.6 Å². The minimum absolute atomic E-state index is 0.184. The standard InChI is InChI=1S/C27H40O5/c1-7-8-15-31-22-11-9-21(10-12-22)24-16-27(18-30-19-28,14-13-23(24)20(2)3)17-25(29)32-26(4,5)6/h9-12,19,23-24H,2,7-8,13-18H2,1,3-6H3/t23-,24-,27-/m0/s1. The fourth-order valence-corrected chi connectivity index (χ4v) is 4.70. The summed E-state index contributed by atoms with van der Waals surface area (Å²) in [5.41, 5.74) is 1.34. The van der Waals surface area contributed by atoms with E-state index in [4.69, 9.17) is 14.2 Å². The molecule has 0 spiro atoms. The van der Waals surface area contributed by atoms with Crippen LogP contribution in [0, 0.1) is 11.3 Å². The average molecular weight is 445 g/mol. The molecule has 5 nitrogen and oxygen atoms in total. The van der Waals surface area contributed by atoms with E-state index < -0.39 is 11.0 Å². The zero-order valence-electron chi connectivity index (χ0n) is 20.4. The first-order valence-corrected chi connectivity index (χ1v) is 11.7. The number of carbonyl (C=O) groups is 2. The molecule has 0 bridgehead atoms. The Hall–Kier alpha value is -2.30. The molecule has 0 amide bonds. The van der Waals surface area contributed by atoms with Crippen LogP contribution in [-0.4, -0.2) is 31.3 Å². The molecule has 1 aliphatic rings. The van der Waals surface area contributed by atoms with Crippen LogP contribution < -0.4 is 4.74 Å². The van der Waals surface area contributed by atoms with E-state index in [1.165, 1.54) is 5.56 Å². The molecule has 0 heterocycles. The fourth-order valence-electron chi connectivity index (χ4n) is 4.70. The van der Waals surface area contributed by atoms with Crippen molar-refractivity contribution in [2.75, 3.05) is 13.2 Å². The number of benzene rings is 1. The molecule has 1 aliphatic carbocycles. The Balaban J connectivity index is 2.26. The first-order valence-electron chi connectivity index (χ1n) is 11.7. The number of allylic oxidation sites excluding steroid dienone is 1. The third-order valence-corrected chi connectivity index (χ3v) is 6.23. The van der Waals surface area contributed by atoms with Gasteiger partial charge in [0.05, 0.1) is 19.6 Å². The van der Waals surface area contributed by atoms with Crippen molar-refractivity contribution in [2.24, 2.45) is 11.3 Å². The molecule has 0 saturated heterocycles. The number of carbonyl (C=O) groups excluding carboxylic acids is 2. The molecule has 1 fully saturated rings. The molecule has 1 aromatic rings. The van der Waals surface area contributed by atoms with Crippen LogP contribution in [0.2, 0.25) is 0 Å². The molecule has 32 heavy (non-hydrogen) atoms. The molecule has 0 unspecified atom stereocenters. The first-order chi connectivity index (χ1) is 15.1. The number of esters is 1. The lowest BCUT2D eigenvalue weighted by Gasteiger charge is -2.44. The SMILES string of the molecule is C=C(C)[C@@H]1CC[C@@](COC=O)(CC(=O)OC(C)(C)C)C[C@H]1c1ccc(OCCCC)cc1. The van der Waals surface area contributed by atoms with Crippen molar-refractivity contribution in [3.05, 3.63) is 42.0 Å². The van der Waals surface area contributed by atoms with Crippen molar-refractivity contribution in [2.45, 2.75) is 84.7 Å². The molecule has 3 atom stereocenters. The Kier molecular flexibility index (Phi) is 9.35. The summed E-state index contributed by atoms with van der Waals surface area (Å²) in [7, 11) is 0. The van der Waals surface area contributed by atoms with Crippen LogP contribution in [0.3, 0.4) is 0 Å². The second-order valence-corrected chi connectivity index (χ2v) is 10.2. The number of unbranched alkanes of at least 4 members (excludes halogenated alkanes) is 1. The van der Waals surface area contributed by atoms with Gasteiger partial charge in [-0.05, 0) is 82.9 Å². The molecule has 0 aliphatic heterocycles. The van der Waals surface area contributed by atoms with Crippen LogP contribution in [-0.2, 0) is 19.1 Å². The maximum Gasteiger partial charge on any atom is 0.307 e. The van der Waals surface area contributed by atoms with Gasteiger partial charge in [-0.15, -0.1) is 0 Å². The monoisotopic (exact) mass is 444 g/mol. The van der Waals surface area contributed by atoms with E-state index in [1.807, 2.05) is 32.9 Å². The van der Waals surface area contributed by atoms with Crippen molar-refractivity contribution in [3.63, 3.8) is 0 Å². The molecule has 2 rings (SSSR count). The molecule has 0 aromatic heterocycles. The predicted octanol–water partition coefficient (Wildman–Crippen LogP) is 6.22. The van der Waals surface area contributed by atoms with Crippen molar-refractivity contribution in [1.82, 2.24) is 0 Å². The maximum absolute atomic E-state index is 12.7. The van der Waals surface area contributed by atoms with Gasteiger partial charge in [-0.2, -0.15) is 0 Å². The fraction of sp³-hybridized carbons (Fsp3) is 0.630. The average Bonchev–Trinajstić information content (AvgIpc) is 2.71. The van der Waals surface area contributed by atoms with Crippen LogP contribution >= 0.6 is 0 Å². The Labute approximate surface area is 193 Å². The second kappa shape index (κ2) is 11.5. The van der Waals surface area contributed by atoms with E-state index in [0.717, 1.165) is 50.0 Å². The third-order valence-electron chi connectivity index (χ3n) is 6.23. The van der Waals surface area contributed by atoms with Gasteiger partial charge >= 0.3 is 5.97 Å². The minimum Gasteiger partial charge on any atom is -0.494 e. The lowest BCUT2D eigenvalue weighted by molar-refractivity contribution is -0.161. The highest BCUT2D eigenvalue weighted by molar-refractivity contribution is 5.71. The van der Waals surface area contributed by atoms with E-state index >= 15 is 0 Å². The number of ether oxygens (including phenoxy) is 3. The lowest BCUT2D eigenvalue weighted by atomic mass is 9.61. The summed E-state index contributed by atoms with van der Waals surface area (Å²) in [4.78, 5) is 23.7. The van der Waals surface area contributed by atoms with Gasteiger partial charge in [0.25, 0.3) is 6.47 Å². The van der Waals surface area contributed by atoms with Gasteiger partial charge in [0, 0.05) is 5.41 Å².